The zero-order chi connectivity index (χ0) is 12.1. The second kappa shape index (κ2) is 5.84. The molecule has 0 heterocycles. The number of carbonyl (C=O) groups excluding carboxylic acids is 1. The minimum atomic E-state index is -0.538. The molecule has 0 aliphatic rings. The number of aliphatic hydroxyl groups excluding tert-OH is 1. The maximum Gasteiger partial charge on any atom is 0.338 e. The van der Waals surface area contributed by atoms with Gasteiger partial charge in [0.15, 0.2) is 0 Å². The first-order valence-corrected chi connectivity index (χ1v) is 5.31. The highest BCUT2D eigenvalue weighted by Crippen LogP contribution is 2.23. The van der Waals surface area contributed by atoms with Crippen LogP contribution < -0.4 is 5.73 Å². The number of esters is 1. The van der Waals surface area contributed by atoms with Crippen molar-refractivity contribution in [3.63, 3.8) is 0 Å². The van der Waals surface area contributed by atoms with E-state index < -0.39 is 12.0 Å². The van der Waals surface area contributed by atoms with Crippen LogP contribution in [0, 0.1) is 0 Å². The molecule has 3 N–H and O–H groups in total. The summed E-state index contributed by atoms with van der Waals surface area (Å²) in [5.41, 5.74) is 6.61. The van der Waals surface area contributed by atoms with Crippen molar-refractivity contribution in [1.29, 1.82) is 0 Å². The third kappa shape index (κ3) is 2.95. The lowest BCUT2D eigenvalue weighted by Crippen LogP contribution is -2.15. The highest BCUT2D eigenvalue weighted by atomic mass is 35.5. The fourth-order valence-corrected chi connectivity index (χ4v) is 1.59. The van der Waals surface area contributed by atoms with Gasteiger partial charge in [-0.2, -0.15) is 0 Å². The summed E-state index contributed by atoms with van der Waals surface area (Å²) < 4.78 is 4.83. The molecule has 0 aliphatic heterocycles. The van der Waals surface area contributed by atoms with E-state index in [1.54, 1.807) is 19.1 Å². The lowest BCUT2D eigenvalue weighted by Gasteiger charge is -2.11. The molecule has 1 unspecified atom stereocenters. The topological polar surface area (TPSA) is 72.5 Å². The van der Waals surface area contributed by atoms with Crippen molar-refractivity contribution in [2.75, 3.05) is 13.2 Å². The molecular weight excluding hydrogens is 230 g/mol. The summed E-state index contributed by atoms with van der Waals surface area (Å²) >= 11 is 5.95. The van der Waals surface area contributed by atoms with Gasteiger partial charge in [0.2, 0.25) is 0 Å². The van der Waals surface area contributed by atoms with Crippen LogP contribution in [-0.2, 0) is 4.74 Å². The summed E-state index contributed by atoms with van der Waals surface area (Å²) in [6.07, 6.45) is 0. The van der Waals surface area contributed by atoms with E-state index in [9.17, 15) is 4.79 Å². The molecule has 0 radical (unpaired) electrons. The van der Waals surface area contributed by atoms with Crippen LogP contribution >= 0.6 is 11.6 Å². The SMILES string of the molecule is CCOC(=O)c1ccc(C(N)CO)c(Cl)c1. The molecule has 16 heavy (non-hydrogen) atoms. The summed E-state index contributed by atoms with van der Waals surface area (Å²) in [6.45, 7) is 1.85. The molecule has 0 bridgehead atoms. The largest absolute Gasteiger partial charge is 0.462 e. The van der Waals surface area contributed by atoms with Gasteiger partial charge in [-0.05, 0) is 24.6 Å². The fraction of sp³-hybridized carbons (Fsp3) is 0.364. The number of aliphatic hydroxyl groups is 1. The van der Waals surface area contributed by atoms with Gasteiger partial charge in [0.05, 0.1) is 24.8 Å². The van der Waals surface area contributed by atoms with Gasteiger partial charge >= 0.3 is 5.97 Å². The van der Waals surface area contributed by atoms with Crippen LogP contribution in [0.3, 0.4) is 0 Å². The zero-order valence-electron chi connectivity index (χ0n) is 8.94. The number of rotatable bonds is 4. The number of halogens is 1. The summed E-state index contributed by atoms with van der Waals surface area (Å²) in [7, 11) is 0. The Kier molecular flexibility index (Phi) is 4.73. The number of hydrogen-bond donors (Lipinski definition) is 2. The lowest BCUT2D eigenvalue weighted by molar-refractivity contribution is 0.0526. The molecule has 0 spiro atoms. The molecule has 1 rings (SSSR count). The Labute approximate surface area is 99.0 Å². The van der Waals surface area contributed by atoms with Crippen LogP contribution in [0.5, 0.6) is 0 Å². The first-order chi connectivity index (χ1) is 7.60. The Morgan fingerprint density at radius 1 is 1.62 bits per heavy atom. The van der Waals surface area contributed by atoms with Crippen LogP contribution in [0.25, 0.3) is 0 Å². The van der Waals surface area contributed by atoms with Crippen molar-refractivity contribution in [2.45, 2.75) is 13.0 Å². The number of benzene rings is 1. The van der Waals surface area contributed by atoms with Crippen LogP contribution in [-0.4, -0.2) is 24.3 Å². The van der Waals surface area contributed by atoms with Crippen LogP contribution in [0.4, 0.5) is 0 Å². The van der Waals surface area contributed by atoms with Crippen molar-refractivity contribution in [1.82, 2.24) is 0 Å². The summed E-state index contributed by atoms with van der Waals surface area (Å²) in [6, 6.07) is 4.15. The number of ether oxygens (including phenoxy) is 1. The fourth-order valence-electron chi connectivity index (χ4n) is 1.27. The van der Waals surface area contributed by atoms with Gasteiger partial charge < -0.3 is 15.6 Å². The highest BCUT2D eigenvalue weighted by Gasteiger charge is 2.13. The van der Waals surface area contributed by atoms with Crippen molar-refractivity contribution in [3.8, 4) is 0 Å². The minimum Gasteiger partial charge on any atom is -0.462 e. The molecule has 4 nitrogen and oxygen atoms in total. The minimum absolute atomic E-state index is 0.196. The summed E-state index contributed by atoms with van der Waals surface area (Å²) in [5.74, 6) is -0.423. The summed E-state index contributed by atoms with van der Waals surface area (Å²) in [4.78, 5) is 11.4. The van der Waals surface area contributed by atoms with E-state index >= 15 is 0 Å². The van der Waals surface area contributed by atoms with E-state index in [0.717, 1.165) is 0 Å². The molecule has 0 saturated heterocycles. The molecule has 1 aromatic carbocycles. The molecule has 1 atom stereocenters. The zero-order valence-corrected chi connectivity index (χ0v) is 9.70. The monoisotopic (exact) mass is 243 g/mol. The number of carbonyl (C=O) groups is 1. The van der Waals surface area contributed by atoms with Crippen LogP contribution in [0.2, 0.25) is 5.02 Å². The van der Waals surface area contributed by atoms with Gasteiger partial charge in [-0.25, -0.2) is 4.79 Å². The van der Waals surface area contributed by atoms with E-state index in [2.05, 4.69) is 0 Å². The molecule has 0 amide bonds. The maximum absolute atomic E-state index is 11.4. The Bertz CT molecular complexity index is 381. The standard InChI is InChI=1S/C11H14ClNO3/c1-2-16-11(15)7-3-4-8(9(12)5-7)10(13)6-14/h3-5,10,14H,2,6,13H2,1H3. The lowest BCUT2D eigenvalue weighted by atomic mass is 10.1. The predicted octanol–water partition coefficient (Wildman–Crippen LogP) is 1.51. The molecule has 0 aromatic heterocycles. The third-order valence-electron chi connectivity index (χ3n) is 2.11. The van der Waals surface area contributed by atoms with E-state index in [1.165, 1.54) is 6.07 Å². The maximum atomic E-state index is 11.4. The van der Waals surface area contributed by atoms with Gasteiger partial charge in [0.25, 0.3) is 0 Å². The van der Waals surface area contributed by atoms with Crippen molar-refractivity contribution in [3.05, 3.63) is 34.3 Å². The number of nitrogens with two attached hydrogens (primary N) is 1. The van der Waals surface area contributed by atoms with Crippen LogP contribution in [0.15, 0.2) is 18.2 Å². The Morgan fingerprint density at radius 2 is 2.31 bits per heavy atom. The molecule has 5 heteroatoms. The predicted molar refractivity (Wildman–Crippen MR) is 61.4 cm³/mol. The first kappa shape index (κ1) is 13.0. The van der Waals surface area contributed by atoms with E-state index in [4.69, 9.17) is 27.2 Å². The normalized spacial score (nSPS) is 12.2. The van der Waals surface area contributed by atoms with Crippen molar-refractivity contribution < 1.29 is 14.6 Å². The third-order valence-corrected chi connectivity index (χ3v) is 2.44. The average Bonchev–Trinajstić information content (AvgIpc) is 2.28. The number of hydrogen-bond acceptors (Lipinski definition) is 4. The Hall–Kier alpha value is -1.10. The molecule has 0 aliphatic carbocycles. The molecular formula is C11H14ClNO3. The van der Waals surface area contributed by atoms with Gasteiger partial charge in [0.1, 0.15) is 0 Å². The molecule has 0 saturated carbocycles. The van der Waals surface area contributed by atoms with E-state index in [-0.39, 0.29) is 6.61 Å². The smallest absolute Gasteiger partial charge is 0.338 e. The van der Waals surface area contributed by atoms with Gasteiger partial charge in [-0.3, -0.25) is 0 Å². The van der Waals surface area contributed by atoms with Gasteiger partial charge in [0, 0.05) is 5.02 Å². The first-order valence-electron chi connectivity index (χ1n) is 4.93. The van der Waals surface area contributed by atoms with Gasteiger partial charge in [-0.15, -0.1) is 0 Å². The quantitative estimate of drug-likeness (QED) is 0.787. The molecule has 88 valence electrons. The van der Waals surface area contributed by atoms with E-state index in [0.29, 0.717) is 22.8 Å². The van der Waals surface area contributed by atoms with Crippen molar-refractivity contribution in [2.24, 2.45) is 5.73 Å². The second-order valence-corrected chi connectivity index (χ2v) is 3.65. The second-order valence-electron chi connectivity index (χ2n) is 3.25. The van der Waals surface area contributed by atoms with Crippen molar-refractivity contribution >= 4 is 17.6 Å². The molecule has 1 aromatic rings. The van der Waals surface area contributed by atoms with E-state index in [1.807, 2.05) is 0 Å². The highest BCUT2D eigenvalue weighted by molar-refractivity contribution is 6.31. The van der Waals surface area contributed by atoms with Gasteiger partial charge in [-0.1, -0.05) is 17.7 Å². The van der Waals surface area contributed by atoms with Crippen LogP contribution in [0.1, 0.15) is 28.9 Å². The molecule has 0 fully saturated rings. The Morgan fingerprint density at radius 3 is 2.81 bits per heavy atom. The Balaban J connectivity index is 2.95. The average molecular weight is 244 g/mol. The summed E-state index contributed by atoms with van der Waals surface area (Å²) in [5, 5.41) is 9.25.